The monoisotopic (exact) mass is 247 g/mol. The van der Waals surface area contributed by atoms with Gasteiger partial charge in [0.1, 0.15) is 6.10 Å². The third kappa shape index (κ3) is 2.71. The number of aliphatic hydroxyl groups is 2. The van der Waals surface area contributed by atoms with Crippen LogP contribution in [-0.2, 0) is 0 Å². The zero-order valence-electron chi connectivity index (χ0n) is 8.62. The first-order chi connectivity index (χ1) is 7.47. The Morgan fingerprint density at radius 2 is 2.25 bits per heavy atom. The van der Waals surface area contributed by atoms with Crippen molar-refractivity contribution in [2.24, 2.45) is 0 Å². The van der Waals surface area contributed by atoms with Gasteiger partial charge in [0.15, 0.2) is 11.5 Å². The van der Waals surface area contributed by atoms with Gasteiger partial charge in [0.05, 0.1) is 6.10 Å². The van der Waals surface area contributed by atoms with Gasteiger partial charge in [0.2, 0.25) is 0 Å². The molecule has 2 unspecified atom stereocenters. The van der Waals surface area contributed by atoms with Crippen molar-refractivity contribution in [3.05, 3.63) is 21.6 Å². The van der Waals surface area contributed by atoms with Crippen LogP contribution in [0.1, 0.15) is 24.0 Å². The second-order valence-corrected chi connectivity index (χ2v) is 3.78. The van der Waals surface area contributed by atoms with Gasteiger partial charge < -0.3 is 20.3 Å². The highest BCUT2D eigenvalue weighted by atomic mass is 32.1. The second-order valence-electron chi connectivity index (χ2n) is 3.34. The van der Waals surface area contributed by atoms with Crippen LogP contribution in [0, 0.1) is 17.0 Å². The quantitative estimate of drug-likeness (QED) is 0.340. The highest BCUT2D eigenvalue weighted by Gasteiger charge is 2.29. The number of rotatable bonds is 5. The third-order valence-electron chi connectivity index (χ3n) is 2.08. The van der Waals surface area contributed by atoms with E-state index in [9.17, 15) is 20.3 Å². The van der Waals surface area contributed by atoms with E-state index in [1.165, 1.54) is 6.92 Å². The molecule has 8 heteroatoms. The Hall–Kier alpha value is -1.12. The van der Waals surface area contributed by atoms with Crippen LogP contribution in [0.3, 0.4) is 0 Å². The Morgan fingerprint density at radius 3 is 2.75 bits per heavy atom. The highest BCUT2D eigenvalue weighted by molar-refractivity contribution is 7.80. The van der Waals surface area contributed by atoms with E-state index in [-0.39, 0.29) is 17.9 Å². The Labute approximate surface area is 97.1 Å². The van der Waals surface area contributed by atoms with Crippen molar-refractivity contribution in [1.29, 1.82) is 0 Å². The summed E-state index contributed by atoms with van der Waals surface area (Å²) < 4.78 is 0. The van der Waals surface area contributed by atoms with Crippen LogP contribution in [0.4, 0.5) is 5.82 Å². The normalized spacial score (nSPS) is 14.8. The Kier molecular flexibility index (Phi) is 4.27. The van der Waals surface area contributed by atoms with Crippen molar-refractivity contribution < 1.29 is 15.1 Å². The summed E-state index contributed by atoms with van der Waals surface area (Å²) in [6.45, 7) is 1.54. The van der Waals surface area contributed by atoms with Gasteiger partial charge in [0.25, 0.3) is 0 Å². The van der Waals surface area contributed by atoms with Crippen molar-refractivity contribution >= 4 is 18.4 Å². The van der Waals surface area contributed by atoms with Gasteiger partial charge in [-0.05, 0) is 17.1 Å². The van der Waals surface area contributed by atoms with Gasteiger partial charge >= 0.3 is 5.82 Å². The van der Waals surface area contributed by atoms with E-state index in [2.05, 4.69) is 22.6 Å². The molecule has 0 radical (unpaired) electrons. The number of nitro groups is 1. The molecule has 0 saturated carbocycles. The highest BCUT2D eigenvalue weighted by Crippen LogP contribution is 2.25. The van der Waals surface area contributed by atoms with Crippen molar-refractivity contribution in [2.75, 3.05) is 5.75 Å². The van der Waals surface area contributed by atoms with Crippen LogP contribution in [0.5, 0.6) is 0 Å². The summed E-state index contributed by atoms with van der Waals surface area (Å²) in [4.78, 5) is 16.2. The first kappa shape index (κ1) is 12.9. The fourth-order valence-electron chi connectivity index (χ4n) is 1.31. The Bertz CT molecular complexity index is 381. The number of nitrogens with one attached hydrogen (secondary N) is 1. The number of nitrogens with zero attached hydrogens (tertiary/aromatic N) is 2. The van der Waals surface area contributed by atoms with Crippen LogP contribution in [-0.4, -0.2) is 37.0 Å². The van der Waals surface area contributed by atoms with Crippen LogP contribution < -0.4 is 0 Å². The lowest BCUT2D eigenvalue weighted by Crippen LogP contribution is -2.20. The zero-order chi connectivity index (χ0) is 12.3. The summed E-state index contributed by atoms with van der Waals surface area (Å²) in [6, 6.07) is 0. The lowest BCUT2D eigenvalue weighted by molar-refractivity contribution is -0.390. The summed E-state index contributed by atoms with van der Waals surface area (Å²) in [6.07, 6.45) is -2.26. The molecule has 0 bridgehead atoms. The van der Waals surface area contributed by atoms with Crippen LogP contribution >= 0.6 is 12.6 Å². The molecular weight excluding hydrogens is 234 g/mol. The van der Waals surface area contributed by atoms with E-state index in [1.807, 2.05) is 0 Å². The van der Waals surface area contributed by atoms with Crippen LogP contribution in [0.25, 0.3) is 0 Å². The summed E-state index contributed by atoms with van der Waals surface area (Å²) in [5.41, 5.74) is -0.142. The smallest absolute Gasteiger partial charge is 0.346 e. The van der Waals surface area contributed by atoms with Crippen molar-refractivity contribution in [3.8, 4) is 0 Å². The maximum absolute atomic E-state index is 10.6. The molecule has 0 fully saturated rings. The average Bonchev–Trinajstić information content (AvgIpc) is 2.59. The lowest BCUT2D eigenvalue weighted by Gasteiger charge is -2.14. The predicted octanol–water partition coefficient (Wildman–Crippen LogP) is 0.341. The molecule has 16 heavy (non-hydrogen) atoms. The van der Waals surface area contributed by atoms with Gasteiger partial charge in [-0.3, -0.25) is 0 Å². The molecule has 1 aromatic rings. The molecule has 0 aliphatic carbocycles. The largest absolute Gasteiger partial charge is 0.390 e. The minimum absolute atomic E-state index is 0.142. The molecule has 1 heterocycles. The van der Waals surface area contributed by atoms with Gasteiger partial charge in [-0.2, -0.15) is 12.6 Å². The number of aromatic amines is 1. The number of aryl methyl sites for hydroxylation is 1. The fourth-order valence-corrected chi connectivity index (χ4v) is 1.58. The number of aliphatic hydroxyl groups excluding tert-OH is 2. The first-order valence-electron chi connectivity index (χ1n) is 4.65. The van der Waals surface area contributed by atoms with Crippen molar-refractivity contribution in [3.63, 3.8) is 0 Å². The SMILES string of the molecule is Cc1nc(C(O)C(O)CCS)c([N+](=O)[O-])[nH]1. The average molecular weight is 247 g/mol. The maximum atomic E-state index is 10.6. The molecule has 0 saturated heterocycles. The number of hydrogen-bond donors (Lipinski definition) is 4. The van der Waals surface area contributed by atoms with E-state index in [0.717, 1.165) is 0 Å². The molecule has 90 valence electrons. The Morgan fingerprint density at radius 1 is 1.62 bits per heavy atom. The van der Waals surface area contributed by atoms with Crippen molar-refractivity contribution in [2.45, 2.75) is 25.6 Å². The van der Waals surface area contributed by atoms with E-state index in [0.29, 0.717) is 11.6 Å². The third-order valence-corrected chi connectivity index (χ3v) is 2.34. The number of imidazole rings is 1. The number of H-pyrrole nitrogens is 1. The van der Waals surface area contributed by atoms with E-state index >= 15 is 0 Å². The van der Waals surface area contributed by atoms with Gasteiger partial charge in [-0.25, -0.2) is 9.97 Å². The summed E-state index contributed by atoms with van der Waals surface area (Å²) in [5.74, 6) is 0.303. The summed E-state index contributed by atoms with van der Waals surface area (Å²) >= 11 is 3.91. The summed E-state index contributed by atoms with van der Waals surface area (Å²) in [5, 5.41) is 29.9. The number of thiol groups is 1. The first-order valence-corrected chi connectivity index (χ1v) is 5.28. The van der Waals surface area contributed by atoms with E-state index in [4.69, 9.17) is 0 Å². The molecule has 0 aliphatic rings. The minimum atomic E-state index is -1.38. The molecule has 1 aromatic heterocycles. The van der Waals surface area contributed by atoms with E-state index < -0.39 is 17.1 Å². The lowest BCUT2D eigenvalue weighted by atomic mass is 10.1. The number of hydrogen-bond acceptors (Lipinski definition) is 6. The molecule has 2 atom stereocenters. The molecule has 0 aromatic carbocycles. The second kappa shape index (κ2) is 5.28. The predicted molar refractivity (Wildman–Crippen MR) is 59.4 cm³/mol. The summed E-state index contributed by atoms with van der Waals surface area (Å²) in [7, 11) is 0. The molecular formula is C8H13N3O4S. The zero-order valence-corrected chi connectivity index (χ0v) is 9.52. The molecule has 1 rings (SSSR count). The molecule has 7 nitrogen and oxygen atoms in total. The molecule has 3 N–H and O–H groups in total. The topological polar surface area (TPSA) is 112 Å². The number of aromatic nitrogens is 2. The maximum Gasteiger partial charge on any atom is 0.346 e. The fraction of sp³-hybridized carbons (Fsp3) is 0.625. The molecule has 0 amide bonds. The van der Waals surface area contributed by atoms with Crippen LogP contribution in [0.2, 0.25) is 0 Å². The minimum Gasteiger partial charge on any atom is -0.390 e. The van der Waals surface area contributed by atoms with Crippen molar-refractivity contribution in [1.82, 2.24) is 9.97 Å². The molecule has 0 aliphatic heterocycles. The Balaban J connectivity index is 2.98. The molecule has 0 spiro atoms. The van der Waals surface area contributed by atoms with Crippen LogP contribution in [0.15, 0.2) is 0 Å². The van der Waals surface area contributed by atoms with E-state index in [1.54, 1.807) is 0 Å². The van der Waals surface area contributed by atoms with Gasteiger partial charge in [-0.15, -0.1) is 0 Å². The standard InChI is InChI=1S/C8H13N3O4S/c1-4-9-6(8(10-4)11(14)15)7(13)5(12)2-3-16/h5,7,12-13,16H,2-3H2,1H3,(H,9,10). The van der Waals surface area contributed by atoms with Gasteiger partial charge in [-0.1, -0.05) is 0 Å². The van der Waals surface area contributed by atoms with Gasteiger partial charge in [0, 0.05) is 6.92 Å².